The summed E-state index contributed by atoms with van der Waals surface area (Å²) in [5.74, 6) is 3.02. The van der Waals surface area contributed by atoms with Crippen LogP contribution in [0.25, 0.3) is 0 Å². The number of hydrogen-bond donors (Lipinski definition) is 0. The van der Waals surface area contributed by atoms with E-state index < -0.39 is 14.5 Å². The Balaban J connectivity index is 2.85. The summed E-state index contributed by atoms with van der Waals surface area (Å²) in [6.07, 6.45) is -2.40. The third kappa shape index (κ3) is 4.26. The lowest BCUT2D eigenvalue weighted by Crippen LogP contribution is -2.16. The van der Waals surface area contributed by atoms with E-state index in [2.05, 4.69) is 31.1 Å². The van der Waals surface area contributed by atoms with Crippen LogP contribution in [0.2, 0.25) is 19.6 Å². The van der Waals surface area contributed by atoms with Gasteiger partial charge < -0.3 is 0 Å². The molecule has 0 aliphatic carbocycles. The van der Waals surface area contributed by atoms with Crippen LogP contribution >= 0.6 is 0 Å². The predicted octanol–water partition coefficient (Wildman–Crippen LogP) is 3.85. The van der Waals surface area contributed by atoms with Crippen LogP contribution in [0.3, 0.4) is 0 Å². The molecule has 1 aromatic rings. The molecule has 15 heavy (non-hydrogen) atoms. The molecule has 80 valence electrons. The molecule has 0 atom stereocenters. The number of halogens is 2. The first-order valence-electron chi connectivity index (χ1n) is 4.80. The zero-order valence-electron chi connectivity index (χ0n) is 9.14. The quantitative estimate of drug-likeness (QED) is 0.502. The number of rotatable bonds is 1. The normalized spacial score (nSPS) is 11.1. The van der Waals surface area contributed by atoms with E-state index in [1.807, 2.05) is 0 Å². The molecule has 0 aliphatic rings. The molecule has 0 saturated heterocycles. The summed E-state index contributed by atoms with van der Waals surface area (Å²) in [5, 5.41) is 0. The Morgan fingerprint density at radius 1 is 1.07 bits per heavy atom. The maximum Gasteiger partial charge on any atom is 0.263 e. The number of benzene rings is 1. The average molecular weight is 224 g/mol. The van der Waals surface area contributed by atoms with E-state index in [9.17, 15) is 8.78 Å². The minimum Gasteiger partial charge on any atom is -0.205 e. The molecule has 0 nitrogen and oxygen atoms in total. The number of hydrogen-bond acceptors (Lipinski definition) is 0. The summed E-state index contributed by atoms with van der Waals surface area (Å²) in [6, 6.07) is 6.15. The first kappa shape index (κ1) is 11.9. The molecule has 0 bridgehead atoms. The van der Waals surface area contributed by atoms with Crippen LogP contribution in [-0.2, 0) is 0 Å². The summed E-state index contributed by atoms with van der Waals surface area (Å²) in [5.41, 5.74) is 4.05. The maximum absolute atomic E-state index is 12.2. The molecule has 0 N–H and O–H groups in total. The van der Waals surface area contributed by atoms with Crippen molar-refractivity contribution in [2.24, 2.45) is 0 Å². The van der Waals surface area contributed by atoms with E-state index >= 15 is 0 Å². The van der Waals surface area contributed by atoms with Crippen molar-refractivity contribution in [1.82, 2.24) is 0 Å². The fourth-order valence-corrected chi connectivity index (χ4v) is 1.49. The second-order valence-electron chi connectivity index (χ2n) is 4.42. The molecular weight excluding hydrogens is 210 g/mol. The molecule has 3 heteroatoms. The molecule has 0 radical (unpaired) electrons. The monoisotopic (exact) mass is 224 g/mol. The lowest BCUT2D eigenvalue weighted by molar-refractivity contribution is 0.151. The Morgan fingerprint density at radius 3 is 2.00 bits per heavy atom. The molecule has 0 spiro atoms. The minimum atomic E-state index is -2.40. The van der Waals surface area contributed by atoms with Crippen LogP contribution in [0, 0.1) is 11.5 Å². The third-order valence-electron chi connectivity index (χ3n) is 1.74. The summed E-state index contributed by atoms with van der Waals surface area (Å²) in [4.78, 5) is 0. The van der Waals surface area contributed by atoms with Crippen molar-refractivity contribution >= 4 is 8.07 Å². The standard InChI is InChI=1S/C12H14F2Si/c1-15(2,3)9-8-10-4-6-11(7-5-10)12(13)14/h4-7,12H,1-3H3. The van der Waals surface area contributed by atoms with Crippen molar-refractivity contribution in [3.63, 3.8) is 0 Å². The molecule has 0 unspecified atom stereocenters. The SMILES string of the molecule is C[Si](C)(C)C#Cc1ccc(C(F)F)cc1. The van der Waals surface area contributed by atoms with Crippen molar-refractivity contribution in [3.8, 4) is 11.5 Å². The van der Waals surface area contributed by atoms with Gasteiger partial charge in [0, 0.05) is 11.1 Å². The highest BCUT2D eigenvalue weighted by molar-refractivity contribution is 6.83. The first-order valence-corrected chi connectivity index (χ1v) is 8.30. The van der Waals surface area contributed by atoms with Gasteiger partial charge in [0.2, 0.25) is 0 Å². The van der Waals surface area contributed by atoms with Crippen LogP contribution in [0.4, 0.5) is 8.78 Å². The zero-order chi connectivity index (χ0) is 11.5. The van der Waals surface area contributed by atoms with Gasteiger partial charge in [-0.3, -0.25) is 0 Å². The van der Waals surface area contributed by atoms with E-state index in [4.69, 9.17) is 0 Å². The molecule has 1 aromatic carbocycles. The van der Waals surface area contributed by atoms with Gasteiger partial charge >= 0.3 is 0 Å². The lowest BCUT2D eigenvalue weighted by Gasteiger charge is -2.03. The summed E-state index contributed by atoms with van der Waals surface area (Å²) in [7, 11) is -1.38. The van der Waals surface area contributed by atoms with Crippen LogP contribution in [0.5, 0.6) is 0 Å². The molecule has 0 fully saturated rings. The fraction of sp³-hybridized carbons (Fsp3) is 0.333. The molecule has 1 rings (SSSR count). The molecule has 0 amide bonds. The van der Waals surface area contributed by atoms with Gasteiger partial charge in [-0.05, 0) is 12.1 Å². The highest BCUT2D eigenvalue weighted by Crippen LogP contribution is 2.18. The molecule has 0 aliphatic heterocycles. The summed E-state index contributed by atoms with van der Waals surface area (Å²) < 4.78 is 24.5. The highest BCUT2D eigenvalue weighted by atomic mass is 28.3. The topological polar surface area (TPSA) is 0 Å². The Kier molecular flexibility index (Phi) is 3.65. The summed E-state index contributed by atoms with van der Waals surface area (Å²) in [6.45, 7) is 6.44. The molecule has 0 saturated carbocycles. The maximum atomic E-state index is 12.2. The van der Waals surface area contributed by atoms with Gasteiger partial charge in [-0.1, -0.05) is 37.7 Å². The Hall–Kier alpha value is -1.14. The van der Waals surface area contributed by atoms with Crippen LogP contribution < -0.4 is 0 Å². The zero-order valence-corrected chi connectivity index (χ0v) is 10.1. The van der Waals surface area contributed by atoms with Gasteiger partial charge in [0.05, 0.1) is 0 Å². The van der Waals surface area contributed by atoms with Crippen molar-refractivity contribution in [3.05, 3.63) is 35.4 Å². The van der Waals surface area contributed by atoms with Crippen LogP contribution in [0.1, 0.15) is 17.6 Å². The Labute approximate surface area is 90.3 Å². The van der Waals surface area contributed by atoms with Crippen molar-refractivity contribution < 1.29 is 8.78 Å². The van der Waals surface area contributed by atoms with Crippen molar-refractivity contribution in [2.45, 2.75) is 26.1 Å². The van der Waals surface area contributed by atoms with E-state index in [0.717, 1.165) is 5.56 Å². The van der Waals surface area contributed by atoms with E-state index in [0.29, 0.717) is 0 Å². The second-order valence-corrected chi connectivity index (χ2v) is 9.17. The van der Waals surface area contributed by atoms with Gasteiger partial charge in [-0.15, -0.1) is 5.54 Å². The van der Waals surface area contributed by atoms with Crippen molar-refractivity contribution in [2.75, 3.05) is 0 Å². The lowest BCUT2D eigenvalue weighted by atomic mass is 10.1. The van der Waals surface area contributed by atoms with Gasteiger partial charge in [0.25, 0.3) is 6.43 Å². The summed E-state index contributed by atoms with van der Waals surface area (Å²) >= 11 is 0. The van der Waals surface area contributed by atoms with Gasteiger partial charge in [0.15, 0.2) is 0 Å². The van der Waals surface area contributed by atoms with Gasteiger partial charge in [0.1, 0.15) is 8.07 Å². The van der Waals surface area contributed by atoms with Gasteiger partial charge in [-0.25, -0.2) is 8.78 Å². The van der Waals surface area contributed by atoms with Crippen LogP contribution in [-0.4, -0.2) is 8.07 Å². The second kappa shape index (κ2) is 4.58. The number of alkyl halides is 2. The smallest absolute Gasteiger partial charge is 0.205 e. The van der Waals surface area contributed by atoms with Crippen LogP contribution in [0.15, 0.2) is 24.3 Å². The van der Waals surface area contributed by atoms with E-state index in [1.54, 1.807) is 12.1 Å². The molecular formula is C12H14F2Si. The first-order chi connectivity index (χ1) is 6.88. The molecule has 0 aromatic heterocycles. The minimum absolute atomic E-state index is 0.0496. The van der Waals surface area contributed by atoms with Gasteiger partial charge in [-0.2, -0.15) is 0 Å². The largest absolute Gasteiger partial charge is 0.263 e. The fourth-order valence-electron chi connectivity index (χ4n) is 0.972. The van der Waals surface area contributed by atoms with Crippen molar-refractivity contribution in [1.29, 1.82) is 0 Å². The highest BCUT2D eigenvalue weighted by Gasteiger charge is 2.08. The Bertz CT molecular complexity index is 377. The third-order valence-corrected chi connectivity index (χ3v) is 2.62. The predicted molar refractivity (Wildman–Crippen MR) is 61.6 cm³/mol. The van der Waals surface area contributed by atoms with E-state index in [1.165, 1.54) is 12.1 Å². The average Bonchev–Trinajstić information content (AvgIpc) is 2.14. The molecule has 0 heterocycles. The Morgan fingerprint density at radius 2 is 1.60 bits per heavy atom. The van der Waals surface area contributed by atoms with E-state index in [-0.39, 0.29) is 5.56 Å².